The van der Waals surface area contributed by atoms with Gasteiger partial charge in [-0.25, -0.2) is 4.39 Å². The number of nitrogens with one attached hydrogen (secondary N) is 2. The quantitative estimate of drug-likeness (QED) is 0.186. The fourth-order valence-corrected chi connectivity index (χ4v) is 6.62. The van der Waals surface area contributed by atoms with Crippen molar-refractivity contribution in [3.8, 4) is 22.5 Å². The summed E-state index contributed by atoms with van der Waals surface area (Å²) in [5, 5.41) is 9.92. The van der Waals surface area contributed by atoms with Crippen molar-refractivity contribution in [1.29, 1.82) is 0 Å². The molecule has 0 saturated carbocycles. The van der Waals surface area contributed by atoms with E-state index in [0.29, 0.717) is 6.54 Å². The molecule has 8 heteroatoms. The van der Waals surface area contributed by atoms with E-state index in [2.05, 4.69) is 81.5 Å². The van der Waals surface area contributed by atoms with Crippen molar-refractivity contribution in [2.24, 2.45) is 4.99 Å². The number of benzene rings is 2. The van der Waals surface area contributed by atoms with Gasteiger partial charge in [-0.3, -0.25) is 20.0 Å². The maximum Gasteiger partial charge on any atom is 0.124 e. The average Bonchev–Trinajstić information content (AvgIpc) is 3.59. The number of aliphatic imine (C=N–C) groups is 1. The van der Waals surface area contributed by atoms with E-state index in [9.17, 15) is 4.39 Å². The van der Waals surface area contributed by atoms with Gasteiger partial charge in [-0.05, 0) is 124 Å². The number of aromatic nitrogens is 4. The number of H-pyrrole nitrogens is 2. The number of nitrogens with zero attached hydrogens (tertiary/aromatic N) is 5. The van der Waals surface area contributed by atoms with Crippen LogP contribution in [0.25, 0.3) is 49.9 Å². The van der Waals surface area contributed by atoms with Crippen molar-refractivity contribution in [3.63, 3.8) is 0 Å². The lowest BCUT2D eigenvalue weighted by Crippen LogP contribution is -2.31. The Bertz CT molecular complexity index is 1920. The number of likely N-dealkylation sites (tertiary alicyclic amines) is 1. The first-order valence-electron chi connectivity index (χ1n) is 16.0. The fraction of sp³-hybridized carbons (Fsp3) is 0.324. The number of rotatable bonds is 9. The number of aryl methyl sites for hydroxylation is 1. The normalized spacial score (nSPS) is 16.0. The molecule has 5 aromatic rings. The number of hydrogen-bond donors (Lipinski definition) is 2. The van der Waals surface area contributed by atoms with E-state index >= 15 is 0 Å². The third kappa shape index (κ3) is 6.53. The number of piperidine rings is 1. The van der Waals surface area contributed by atoms with E-state index < -0.39 is 0 Å². The molecule has 5 heterocycles. The third-order valence-electron chi connectivity index (χ3n) is 8.87. The van der Waals surface area contributed by atoms with Crippen molar-refractivity contribution >= 4 is 33.6 Å². The van der Waals surface area contributed by atoms with Crippen molar-refractivity contribution in [2.75, 3.05) is 46.8 Å². The summed E-state index contributed by atoms with van der Waals surface area (Å²) in [5.74, 6) is -0.204. The second-order valence-corrected chi connectivity index (χ2v) is 12.6. The summed E-state index contributed by atoms with van der Waals surface area (Å²) in [4.78, 5) is 17.7. The number of fused-ring (bicyclic) bond motifs is 2. The zero-order chi connectivity index (χ0) is 30.8. The predicted octanol–water partition coefficient (Wildman–Crippen LogP) is 7.29. The highest BCUT2D eigenvalue weighted by Gasteiger charge is 2.17. The van der Waals surface area contributed by atoms with Gasteiger partial charge in [-0.2, -0.15) is 5.10 Å². The van der Waals surface area contributed by atoms with Gasteiger partial charge in [0.15, 0.2) is 0 Å². The number of pyridine rings is 1. The number of allylic oxidation sites excluding steroid dienone is 2. The standard InChI is InChI=1S/C37H40FN7/c1-44(2)13-7-8-25-16-28(19-29(38)18-25)30-9-6-10-33-31(30)20-35(41-33)37-32-21-34(40-23-36(32)42-43-37)27-11-12-39-22-26(17-27)24-45-14-4-3-5-15-45/h6,9-11,16-23,41H,3-5,7-8,12-15,24H2,1-2H3,(H,42,43). The van der Waals surface area contributed by atoms with Crippen LogP contribution in [0.3, 0.4) is 0 Å². The molecular weight excluding hydrogens is 561 g/mol. The molecule has 3 aromatic heterocycles. The molecule has 7 rings (SSSR count). The Labute approximate surface area is 263 Å². The lowest BCUT2D eigenvalue weighted by Gasteiger charge is -2.26. The Morgan fingerprint density at radius 2 is 1.87 bits per heavy atom. The minimum Gasteiger partial charge on any atom is -0.353 e. The molecule has 0 radical (unpaired) electrons. The Kier molecular flexibility index (Phi) is 8.41. The molecule has 1 fully saturated rings. The highest BCUT2D eigenvalue weighted by Crippen LogP contribution is 2.35. The maximum atomic E-state index is 14.8. The predicted molar refractivity (Wildman–Crippen MR) is 183 cm³/mol. The first-order valence-corrected chi connectivity index (χ1v) is 16.0. The molecule has 7 nitrogen and oxygen atoms in total. The van der Waals surface area contributed by atoms with Gasteiger partial charge in [0.25, 0.3) is 0 Å². The molecule has 2 aliphatic heterocycles. The second-order valence-electron chi connectivity index (χ2n) is 12.6. The minimum absolute atomic E-state index is 0.204. The van der Waals surface area contributed by atoms with Gasteiger partial charge in [-0.15, -0.1) is 0 Å². The average molecular weight is 602 g/mol. The lowest BCUT2D eigenvalue weighted by atomic mass is 9.98. The SMILES string of the molecule is CN(C)CCCc1cc(F)cc(-c2cccc3[nH]c(-c4n[nH]c5cnc(C6=CCN=CC(CN7CCCCC7)=C6)cc45)cc23)c1. The van der Waals surface area contributed by atoms with Crippen molar-refractivity contribution in [1.82, 2.24) is 30.0 Å². The van der Waals surface area contributed by atoms with E-state index in [0.717, 1.165) is 100 Å². The van der Waals surface area contributed by atoms with Crippen LogP contribution in [0.5, 0.6) is 0 Å². The molecule has 0 amide bonds. The van der Waals surface area contributed by atoms with E-state index in [1.165, 1.54) is 24.8 Å². The van der Waals surface area contributed by atoms with Crippen LogP contribution >= 0.6 is 0 Å². The van der Waals surface area contributed by atoms with Crippen molar-refractivity contribution in [2.45, 2.75) is 32.1 Å². The molecule has 2 aromatic carbocycles. The van der Waals surface area contributed by atoms with Crippen LogP contribution in [-0.4, -0.2) is 83.0 Å². The van der Waals surface area contributed by atoms with Crippen LogP contribution in [0.1, 0.15) is 36.9 Å². The van der Waals surface area contributed by atoms with Gasteiger partial charge in [-0.1, -0.05) is 30.7 Å². The molecular formula is C37H40FN7. The van der Waals surface area contributed by atoms with E-state index in [1.54, 1.807) is 12.1 Å². The van der Waals surface area contributed by atoms with Crippen LogP contribution in [0.15, 0.2) is 77.4 Å². The molecule has 0 aliphatic carbocycles. The fourth-order valence-electron chi connectivity index (χ4n) is 6.62. The zero-order valence-corrected chi connectivity index (χ0v) is 26.1. The molecule has 0 bridgehead atoms. The van der Waals surface area contributed by atoms with Crippen molar-refractivity contribution in [3.05, 3.63) is 89.5 Å². The minimum atomic E-state index is -0.204. The summed E-state index contributed by atoms with van der Waals surface area (Å²) < 4.78 is 14.8. The van der Waals surface area contributed by atoms with Crippen LogP contribution < -0.4 is 0 Å². The van der Waals surface area contributed by atoms with Gasteiger partial charge in [0.2, 0.25) is 0 Å². The summed E-state index contributed by atoms with van der Waals surface area (Å²) in [7, 11) is 4.13. The van der Waals surface area contributed by atoms with Gasteiger partial charge in [0.1, 0.15) is 11.5 Å². The van der Waals surface area contributed by atoms with E-state index in [1.807, 2.05) is 18.5 Å². The first kappa shape index (κ1) is 29.3. The second kappa shape index (κ2) is 12.9. The largest absolute Gasteiger partial charge is 0.353 e. The molecule has 45 heavy (non-hydrogen) atoms. The molecule has 230 valence electrons. The molecule has 0 spiro atoms. The van der Waals surface area contributed by atoms with Crippen molar-refractivity contribution < 1.29 is 4.39 Å². The summed E-state index contributed by atoms with van der Waals surface area (Å²) >= 11 is 0. The highest BCUT2D eigenvalue weighted by atomic mass is 19.1. The van der Waals surface area contributed by atoms with Crippen LogP contribution in [0, 0.1) is 5.82 Å². The Morgan fingerprint density at radius 1 is 0.978 bits per heavy atom. The summed E-state index contributed by atoms with van der Waals surface area (Å²) in [6.07, 6.45) is 14.0. The van der Waals surface area contributed by atoms with E-state index in [4.69, 9.17) is 10.1 Å². The van der Waals surface area contributed by atoms with Gasteiger partial charge < -0.3 is 9.88 Å². The van der Waals surface area contributed by atoms with Gasteiger partial charge in [0, 0.05) is 29.0 Å². The summed E-state index contributed by atoms with van der Waals surface area (Å²) in [6.45, 7) is 4.82. The highest BCUT2D eigenvalue weighted by molar-refractivity contribution is 6.01. The molecule has 0 atom stereocenters. The molecule has 2 aliphatic rings. The molecule has 1 saturated heterocycles. The summed E-state index contributed by atoms with van der Waals surface area (Å²) in [6, 6.07) is 15.8. The monoisotopic (exact) mass is 601 g/mol. The van der Waals surface area contributed by atoms with Crippen LogP contribution in [-0.2, 0) is 6.42 Å². The number of halogens is 1. The Hall–Kier alpha value is -4.40. The Morgan fingerprint density at radius 3 is 2.73 bits per heavy atom. The number of hydrogen-bond acceptors (Lipinski definition) is 5. The van der Waals surface area contributed by atoms with E-state index in [-0.39, 0.29) is 5.82 Å². The third-order valence-corrected chi connectivity index (χ3v) is 8.87. The molecule has 0 unspecified atom stereocenters. The molecule has 2 N–H and O–H groups in total. The van der Waals surface area contributed by atoms with Gasteiger partial charge in [0.05, 0.1) is 29.6 Å². The first-order chi connectivity index (χ1) is 22.0. The van der Waals surface area contributed by atoms with Crippen LogP contribution in [0.2, 0.25) is 0 Å². The number of aromatic amines is 2. The Balaban J connectivity index is 1.21. The lowest BCUT2D eigenvalue weighted by molar-refractivity contribution is 0.249. The van der Waals surface area contributed by atoms with Gasteiger partial charge >= 0.3 is 0 Å². The zero-order valence-electron chi connectivity index (χ0n) is 26.1. The topological polar surface area (TPSA) is 76.2 Å². The summed E-state index contributed by atoms with van der Waals surface area (Å²) in [5.41, 5.74) is 9.72. The smallest absolute Gasteiger partial charge is 0.124 e. The maximum absolute atomic E-state index is 14.8. The van der Waals surface area contributed by atoms with Crippen LogP contribution in [0.4, 0.5) is 4.39 Å².